The molecular formula is C10H6BrNO2. The molecule has 0 amide bonds. The Labute approximate surface area is 89.7 Å². The van der Waals surface area contributed by atoms with Crippen molar-refractivity contribution in [2.24, 2.45) is 0 Å². The Morgan fingerprint density at radius 3 is 2.50 bits per heavy atom. The second kappa shape index (κ2) is 5.20. The number of hydrogen-bond donors (Lipinski definition) is 0. The van der Waals surface area contributed by atoms with Crippen molar-refractivity contribution in [2.75, 3.05) is 0 Å². The van der Waals surface area contributed by atoms with Gasteiger partial charge in [0.15, 0.2) is 0 Å². The third-order valence-electron chi connectivity index (χ3n) is 1.44. The van der Waals surface area contributed by atoms with Crippen LogP contribution in [0.25, 0.3) is 0 Å². The fraction of sp³-hybridized carbons (Fsp3) is 0. The third kappa shape index (κ3) is 3.04. The van der Waals surface area contributed by atoms with E-state index in [-0.39, 0.29) is 5.69 Å². The van der Waals surface area contributed by atoms with Crippen LogP contribution in [0, 0.1) is 22.0 Å². The lowest BCUT2D eigenvalue weighted by atomic mass is 10.2. The van der Waals surface area contributed by atoms with Gasteiger partial charge < -0.3 is 0 Å². The number of benzene rings is 1. The van der Waals surface area contributed by atoms with Crippen LogP contribution in [-0.2, 0) is 0 Å². The normalized spacial score (nSPS) is 9.50. The first kappa shape index (κ1) is 10.5. The van der Waals surface area contributed by atoms with Crippen LogP contribution < -0.4 is 0 Å². The zero-order valence-electron chi connectivity index (χ0n) is 7.11. The van der Waals surface area contributed by atoms with Crippen molar-refractivity contribution in [3.63, 3.8) is 0 Å². The lowest BCUT2D eigenvalue weighted by Crippen LogP contribution is -1.86. The standard InChI is InChI=1S/C10H6BrNO2/c11-8-2-1-3-9-4-6-10(7-5-9)12(13)14/h2,4-8H/b8-2-. The van der Waals surface area contributed by atoms with Gasteiger partial charge in [-0.05, 0) is 23.2 Å². The minimum Gasteiger partial charge on any atom is -0.258 e. The molecular weight excluding hydrogens is 246 g/mol. The van der Waals surface area contributed by atoms with Crippen molar-refractivity contribution in [1.82, 2.24) is 0 Å². The maximum Gasteiger partial charge on any atom is 0.269 e. The van der Waals surface area contributed by atoms with Crippen LogP contribution in [0.4, 0.5) is 5.69 Å². The van der Waals surface area contributed by atoms with Gasteiger partial charge in [-0.3, -0.25) is 10.1 Å². The second-order valence-corrected chi connectivity index (χ2v) is 2.89. The average Bonchev–Trinajstić information content (AvgIpc) is 2.19. The number of nitro benzene ring substituents is 1. The molecule has 0 heterocycles. The molecule has 0 radical (unpaired) electrons. The summed E-state index contributed by atoms with van der Waals surface area (Å²) in [5.41, 5.74) is 0.827. The average molecular weight is 252 g/mol. The van der Waals surface area contributed by atoms with E-state index in [2.05, 4.69) is 27.8 Å². The third-order valence-corrected chi connectivity index (χ3v) is 1.71. The lowest BCUT2D eigenvalue weighted by Gasteiger charge is -1.90. The predicted octanol–water partition coefficient (Wildman–Crippen LogP) is 2.85. The molecule has 0 spiro atoms. The molecule has 4 heteroatoms. The number of hydrogen-bond acceptors (Lipinski definition) is 2. The molecule has 1 rings (SSSR count). The first-order valence-corrected chi connectivity index (χ1v) is 4.67. The smallest absolute Gasteiger partial charge is 0.258 e. The van der Waals surface area contributed by atoms with Gasteiger partial charge in [-0.2, -0.15) is 0 Å². The molecule has 0 atom stereocenters. The SMILES string of the molecule is O=[N+]([O-])c1ccc(C#C/C=C\Br)cc1. The van der Waals surface area contributed by atoms with Gasteiger partial charge >= 0.3 is 0 Å². The Hall–Kier alpha value is -1.60. The summed E-state index contributed by atoms with van der Waals surface area (Å²) in [6.07, 6.45) is 1.64. The molecule has 0 unspecified atom stereocenters. The van der Waals surface area contributed by atoms with Gasteiger partial charge in [0.1, 0.15) is 0 Å². The molecule has 3 nitrogen and oxygen atoms in total. The molecule has 0 saturated heterocycles. The first-order valence-electron chi connectivity index (χ1n) is 3.75. The van der Waals surface area contributed by atoms with Crippen molar-refractivity contribution < 1.29 is 4.92 Å². The van der Waals surface area contributed by atoms with Crippen LogP contribution >= 0.6 is 15.9 Å². The zero-order valence-corrected chi connectivity index (χ0v) is 8.69. The number of nitrogens with zero attached hydrogens (tertiary/aromatic N) is 1. The van der Waals surface area contributed by atoms with Gasteiger partial charge in [0.05, 0.1) is 4.92 Å². The summed E-state index contributed by atoms with van der Waals surface area (Å²) >= 11 is 3.08. The summed E-state index contributed by atoms with van der Waals surface area (Å²) in [4.78, 5) is 11.5. The van der Waals surface area contributed by atoms with E-state index in [0.29, 0.717) is 0 Å². The van der Waals surface area contributed by atoms with E-state index < -0.39 is 4.92 Å². The number of non-ortho nitro benzene ring substituents is 1. The lowest BCUT2D eigenvalue weighted by molar-refractivity contribution is -0.384. The topological polar surface area (TPSA) is 43.1 Å². The van der Waals surface area contributed by atoms with Crippen molar-refractivity contribution in [2.45, 2.75) is 0 Å². The maximum absolute atomic E-state index is 10.3. The van der Waals surface area contributed by atoms with Crippen LogP contribution in [0.5, 0.6) is 0 Å². The molecule has 0 bridgehead atoms. The largest absolute Gasteiger partial charge is 0.269 e. The van der Waals surface area contributed by atoms with Crippen molar-refractivity contribution in [1.29, 1.82) is 0 Å². The molecule has 0 saturated carbocycles. The van der Waals surface area contributed by atoms with Gasteiger partial charge in [-0.15, -0.1) is 0 Å². The van der Waals surface area contributed by atoms with E-state index in [1.165, 1.54) is 12.1 Å². The molecule has 14 heavy (non-hydrogen) atoms. The molecule has 0 aliphatic rings. The molecule has 0 fully saturated rings. The van der Waals surface area contributed by atoms with E-state index in [0.717, 1.165) is 5.56 Å². The zero-order chi connectivity index (χ0) is 10.4. The molecule has 1 aromatic carbocycles. The van der Waals surface area contributed by atoms with Crippen molar-refractivity contribution in [3.8, 4) is 11.8 Å². The maximum atomic E-state index is 10.3. The number of nitro groups is 1. The molecule has 0 aliphatic carbocycles. The fourth-order valence-corrected chi connectivity index (χ4v) is 0.955. The molecule has 1 aromatic rings. The summed E-state index contributed by atoms with van der Waals surface area (Å²) in [6.45, 7) is 0. The fourth-order valence-electron chi connectivity index (χ4n) is 0.823. The van der Waals surface area contributed by atoms with Crippen LogP contribution in [-0.4, -0.2) is 4.92 Å². The monoisotopic (exact) mass is 251 g/mol. The van der Waals surface area contributed by atoms with Gasteiger partial charge in [0, 0.05) is 17.7 Å². The van der Waals surface area contributed by atoms with Crippen molar-refractivity contribution in [3.05, 3.63) is 51.0 Å². The first-order chi connectivity index (χ1) is 6.74. The predicted molar refractivity (Wildman–Crippen MR) is 58.0 cm³/mol. The van der Waals surface area contributed by atoms with Crippen molar-refractivity contribution >= 4 is 21.6 Å². The van der Waals surface area contributed by atoms with E-state index in [9.17, 15) is 10.1 Å². The summed E-state index contributed by atoms with van der Waals surface area (Å²) in [5, 5.41) is 10.3. The molecule has 0 aromatic heterocycles. The highest BCUT2D eigenvalue weighted by molar-refractivity contribution is 9.11. The van der Waals surface area contributed by atoms with Gasteiger partial charge in [-0.1, -0.05) is 27.8 Å². The minimum atomic E-state index is -0.435. The van der Waals surface area contributed by atoms with Gasteiger partial charge in [0.2, 0.25) is 0 Å². The van der Waals surface area contributed by atoms with Crippen LogP contribution in [0.2, 0.25) is 0 Å². The molecule has 0 N–H and O–H groups in total. The Balaban J connectivity index is 2.85. The summed E-state index contributed by atoms with van der Waals surface area (Å²) < 4.78 is 0. The quantitative estimate of drug-likeness (QED) is 0.438. The Morgan fingerprint density at radius 2 is 2.00 bits per heavy atom. The highest BCUT2D eigenvalue weighted by Crippen LogP contribution is 2.10. The minimum absolute atomic E-state index is 0.0755. The Morgan fingerprint density at radius 1 is 1.36 bits per heavy atom. The molecule has 70 valence electrons. The van der Waals surface area contributed by atoms with Crippen LogP contribution in [0.1, 0.15) is 5.56 Å². The number of allylic oxidation sites excluding steroid dienone is 1. The summed E-state index contributed by atoms with van der Waals surface area (Å²) in [6, 6.07) is 6.10. The summed E-state index contributed by atoms with van der Waals surface area (Å²) in [5.74, 6) is 5.58. The van der Waals surface area contributed by atoms with Crippen LogP contribution in [0.3, 0.4) is 0 Å². The van der Waals surface area contributed by atoms with Gasteiger partial charge in [-0.25, -0.2) is 0 Å². The number of rotatable bonds is 1. The van der Waals surface area contributed by atoms with E-state index in [4.69, 9.17) is 0 Å². The number of halogens is 1. The Bertz CT molecular complexity index is 412. The highest BCUT2D eigenvalue weighted by Gasteiger charge is 2.01. The highest BCUT2D eigenvalue weighted by atomic mass is 79.9. The van der Waals surface area contributed by atoms with Crippen LogP contribution in [0.15, 0.2) is 35.3 Å². The summed E-state index contributed by atoms with van der Waals surface area (Å²) in [7, 11) is 0. The van der Waals surface area contributed by atoms with E-state index in [1.54, 1.807) is 23.2 Å². The van der Waals surface area contributed by atoms with E-state index in [1.807, 2.05) is 0 Å². The second-order valence-electron chi connectivity index (χ2n) is 2.37. The van der Waals surface area contributed by atoms with Gasteiger partial charge in [0.25, 0.3) is 5.69 Å². The Kier molecular flexibility index (Phi) is 3.89. The van der Waals surface area contributed by atoms with E-state index >= 15 is 0 Å². The molecule has 0 aliphatic heterocycles.